The Bertz CT molecular complexity index is 517. The van der Waals surface area contributed by atoms with Crippen LogP contribution >= 0.6 is 0 Å². The molecule has 0 saturated carbocycles. The van der Waals surface area contributed by atoms with Gasteiger partial charge in [-0.15, -0.1) is 0 Å². The van der Waals surface area contributed by atoms with Crippen LogP contribution in [0.3, 0.4) is 0 Å². The summed E-state index contributed by atoms with van der Waals surface area (Å²) in [6.45, 7) is 4.07. The number of rotatable bonds is 11. The fraction of sp³-hybridized carbons (Fsp3) is 0.529. The van der Waals surface area contributed by atoms with Gasteiger partial charge in [-0.25, -0.2) is 0 Å². The summed E-state index contributed by atoms with van der Waals surface area (Å²) in [7, 11) is 4.08. The van der Waals surface area contributed by atoms with Gasteiger partial charge in [-0.05, 0) is 31.2 Å². The van der Waals surface area contributed by atoms with Crippen LogP contribution in [0.4, 0.5) is 5.69 Å². The van der Waals surface area contributed by atoms with E-state index in [4.69, 9.17) is 4.74 Å². The number of ether oxygens (including phenoxy) is 1. The van der Waals surface area contributed by atoms with Crippen LogP contribution < -0.4 is 25.4 Å². The first-order valence-electron chi connectivity index (χ1n) is 8.28. The van der Waals surface area contributed by atoms with Crippen LogP contribution in [0.5, 0.6) is 5.75 Å². The fourth-order valence-electron chi connectivity index (χ4n) is 2.25. The van der Waals surface area contributed by atoms with E-state index in [-0.39, 0.29) is 12.3 Å². The number of carboxylic acids is 1. The molecule has 1 atom stereocenters. The summed E-state index contributed by atoms with van der Waals surface area (Å²) in [5.41, 5.74) is 0.608. The molecule has 0 aliphatic rings. The fourth-order valence-corrected chi connectivity index (χ4v) is 2.25. The highest BCUT2D eigenvalue weighted by molar-refractivity contribution is 5.93. The third-order valence-electron chi connectivity index (χ3n) is 3.49. The van der Waals surface area contributed by atoms with Gasteiger partial charge in [0, 0.05) is 12.1 Å². The van der Waals surface area contributed by atoms with Gasteiger partial charge >= 0.3 is 0 Å². The Morgan fingerprint density at radius 1 is 1.29 bits per heavy atom. The van der Waals surface area contributed by atoms with Gasteiger partial charge in [-0.3, -0.25) is 4.79 Å². The smallest absolute Gasteiger partial charge is 0.230 e. The minimum absolute atomic E-state index is 0.121. The van der Waals surface area contributed by atoms with Gasteiger partial charge in [-0.2, -0.15) is 0 Å². The van der Waals surface area contributed by atoms with Crippen molar-refractivity contribution in [1.82, 2.24) is 0 Å². The lowest BCUT2D eigenvalue weighted by Crippen LogP contribution is -3.06. The number of hydrogen-bond donors (Lipinski definition) is 3. The minimum Gasteiger partial charge on any atom is -0.544 e. The summed E-state index contributed by atoms with van der Waals surface area (Å²) < 4.78 is 5.33. The molecule has 134 valence electrons. The largest absolute Gasteiger partial charge is 0.544 e. The first-order valence-corrected chi connectivity index (χ1v) is 8.28. The summed E-state index contributed by atoms with van der Waals surface area (Å²) in [5.74, 6) is -0.837. The van der Waals surface area contributed by atoms with Crippen molar-refractivity contribution in [2.75, 3.05) is 39.1 Å². The second-order valence-electron chi connectivity index (χ2n) is 5.97. The van der Waals surface area contributed by atoms with Crippen molar-refractivity contribution >= 4 is 17.6 Å². The van der Waals surface area contributed by atoms with Gasteiger partial charge in [0.05, 0.1) is 46.2 Å². The molecule has 0 bridgehead atoms. The Balaban J connectivity index is 2.45. The molecule has 0 fully saturated rings. The molecule has 4 N–H and O–H groups in total. The maximum absolute atomic E-state index is 12.0. The van der Waals surface area contributed by atoms with E-state index in [9.17, 15) is 14.7 Å². The average molecular weight is 338 g/mol. The van der Waals surface area contributed by atoms with Crippen molar-refractivity contribution in [3.05, 3.63) is 24.3 Å². The summed E-state index contributed by atoms with van der Waals surface area (Å²) in [6, 6.07) is 6.08. The Labute approximate surface area is 143 Å². The van der Waals surface area contributed by atoms with Crippen LogP contribution in [0.15, 0.2) is 24.3 Å². The molecule has 0 unspecified atom stereocenters. The summed E-state index contributed by atoms with van der Waals surface area (Å²) in [6.07, 6.45) is 0.761. The molecule has 0 saturated heterocycles. The number of nitrogens with one attached hydrogen (secondary N) is 2. The highest BCUT2D eigenvalue weighted by Gasteiger charge is 2.18. The molecule has 0 spiro atoms. The lowest BCUT2D eigenvalue weighted by molar-refractivity contribution is -0.860. The van der Waals surface area contributed by atoms with Gasteiger partial charge in [0.1, 0.15) is 11.8 Å². The zero-order valence-electron chi connectivity index (χ0n) is 14.6. The van der Waals surface area contributed by atoms with Crippen molar-refractivity contribution in [3.8, 4) is 5.75 Å². The predicted octanol–water partition coefficient (Wildman–Crippen LogP) is -2.37. The molecule has 0 heterocycles. The summed E-state index contributed by atoms with van der Waals surface area (Å²) >= 11 is 0. The van der Waals surface area contributed by atoms with Crippen molar-refractivity contribution in [2.24, 2.45) is 0 Å². The molecule has 7 nitrogen and oxygen atoms in total. The van der Waals surface area contributed by atoms with E-state index in [1.165, 1.54) is 4.90 Å². The molecule has 1 amide bonds. The third kappa shape index (κ3) is 7.94. The molecule has 1 aromatic carbocycles. The Morgan fingerprint density at radius 3 is 2.50 bits per heavy atom. The van der Waals surface area contributed by atoms with E-state index in [1.807, 2.05) is 21.0 Å². The number of nitrogens with two attached hydrogens (primary N) is 1. The zero-order chi connectivity index (χ0) is 17.9. The van der Waals surface area contributed by atoms with E-state index >= 15 is 0 Å². The van der Waals surface area contributed by atoms with E-state index < -0.39 is 12.0 Å². The Hall–Kier alpha value is -2.12. The van der Waals surface area contributed by atoms with Gasteiger partial charge in [-0.1, -0.05) is 0 Å². The Morgan fingerprint density at radius 2 is 1.96 bits per heavy atom. The average Bonchev–Trinajstić information content (AvgIpc) is 2.52. The van der Waals surface area contributed by atoms with Crippen LogP contribution in [0.1, 0.15) is 19.8 Å². The zero-order valence-corrected chi connectivity index (χ0v) is 14.6. The van der Waals surface area contributed by atoms with Gasteiger partial charge in [0.15, 0.2) is 0 Å². The SMILES string of the molecule is CCOc1ccc(NC(=O)C[C@H]([NH2+]CCC[NH+](C)C)C(=O)[O-])cc1. The summed E-state index contributed by atoms with van der Waals surface area (Å²) in [4.78, 5) is 24.5. The topological polar surface area (TPSA) is 99.5 Å². The molecule has 0 aromatic heterocycles. The van der Waals surface area contributed by atoms with E-state index in [1.54, 1.807) is 29.6 Å². The van der Waals surface area contributed by atoms with E-state index in [0.29, 0.717) is 18.8 Å². The van der Waals surface area contributed by atoms with Crippen LogP contribution in [-0.4, -0.2) is 51.7 Å². The normalized spacial score (nSPS) is 12.0. The minimum atomic E-state index is -1.21. The third-order valence-corrected chi connectivity index (χ3v) is 3.49. The van der Waals surface area contributed by atoms with Crippen molar-refractivity contribution in [3.63, 3.8) is 0 Å². The summed E-state index contributed by atoms with van der Waals surface area (Å²) in [5, 5.41) is 15.5. The molecule has 1 aromatic rings. The number of carbonyl (C=O) groups excluding carboxylic acids is 2. The standard InChI is InChI=1S/C17H27N3O4/c1-4-24-14-8-6-13(7-9-14)19-16(21)12-15(17(22)23)18-10-5-11-20(2)3/h6-9,15,18H,4-5,10-12H2,1-3H3,(H,19,21)(H,22,23)/p+1/t15-/m0/s1. The first-order chi connectivity index (χ1) is 11.4. The quantitative estimate of drug-likeness (QED) is 0.393. The second-order valence-corrected chi connectivity index (χ2v) is 5.97. The highest BCUT2D eigenvalue weighted by Crippen LogP contribution is 2.15. The van der Waals surface area contributed by atoms with Crippen molar-refractivity contribution in [2.45, 2.75) is 25.8 Å². The molecule has 0 aliphatic heterocycles. The molecule has 24 heavy (non-hydrogen) atoms. The molecule has 0 aliphatic carbocycles. The number of aliphatic carboxylic acids is 1. The maximum Gasteiger partial charge on any atom is 0.230 e. The van der Waals surface area contributed by atoms with Crippen LogP contribution in [-0.2, 0) is 9.59 Å². The number of carboxylic acid groups (broad SMARTS) is 1. The van der Waals surface area contributed by atoms with Gasteiger partial charge < -0.3 is 30.2 Å². The lowest BCUT2D eigenvalue weighted by atomic mass is 10.2. The van der Waals surface area contributed by atoms with Gasteiger partial charge in [0.2, 0.25) is 5.91 Å². The molecular formula is C17H28N3O4+. The number of amides is 1. The van der Waals surface area contributed by atoms with Crippen molar-refractivity contribution in [1.29, 1.82) is 0 Å². The second kappa shape index (κ2) is 10.6. The van der Waals surface area contributed by atoms with Crippen LogP contribution in [0, 0.1) is 0 Å². The van der Waals surface area contributed by atoms with E-state index in [0.717, 1.165) is 18.7 Å². The number of benzene rings is 1. The molecule has 1 rings (SSSR count). The lowest BCUT2D eigenvalue weighted by Gasteiger charge is -2.16. The Kier molecular flexibility index (Phi) is 8.81. The highest BCUT2D eigenvalue weighted by atomic mass is 16.5. The predicted molar refractivity (Wildman–Crippen MR) is 88.7 cm³/mol. The maximum atomic E-state index is 12.0. The monoisotopic (exact) mass is 338 g/mol. The molecular weight excluding hydrogens is 310 g/mol. The molecule has 7 heteroatoms. The number of anilines is 1. The number of hydrogen-bond acceptors (Lipinski definition) is 4. The number of quaternary nitrogens is 2. The van der Waals surface area contributed by atoms with E-state index in [2.05, 4.69) is 5.32 Å². The van der Waals surface area contributed by atoms with Crippen LogP contribution in [0.25, 0.3) is 0 Å². The van der Waals surface area contributed by atoms with Crippen LogP contribution in [0.2, 0.25) is 0 Å². The number of carbonyl (C=O) groups is 2. The first kappa shape index (κ1) is 19.9. The van der Waals surface area contributed by atoms with Gasteiger partial charge in [0.25, 0.3) is 0 Å². The molecule has 0 radical (unpaired) electrons. The van der Waals surface area contributed by atoms with Crippen molar-refractivity contribution < 1.29 is 29.6 Å².